The predicted molar refractivity (Wildman–Crippen MR) is 227 cm³/mol. The van der Waals surface area contributed by atoms with Gasteiger partial charge in [-0.3, -0.25) is 0 Å². The van der Waals surface area contributed by atoms with E-state index in [2.05, 4.69) is 13.8 Å². The van der Waals surface area contributed by atoms with Crippen molar-refractivity contribution >= 4 is 5.97 Å². The van der Waals surface area contributed by atoms with Crippen LogP contribution in [0.5, 0.6) is 0 Å². The number of fused-ring (bicyclic) bond motifs is 5. The molecule has 20 nitrogen and oxygen atoms in total. The molecule has 382 valence electrons. The van der Waals surface area contributed by atoms with E-state index < -0.39 is 128 Å². The highest BCUT2D eigenvalue weighted by Crippen LogP contribution is 2.70. The Balaban J connectivity index is 0.831. The lowest BCUT2D eigenvalue weighted by atomic mass is 9.43. The Hall–Kier alpha value is -1.51. The standard InChI is InChI=1S/C47H74O20/c1-18-29(49)33(53)34(54)41(60-18)65-39-31(51)20(3)62-43(36(39)56)67-40-32(52)21(4)63-44(37(40)57)66-38-30(50)19(2)61-42(35(38)55)64-24-9-12-45(5)23(16-24)7-8-27-26(45)10-13-46(6)25(11-14-47(27,46)58)22-15-28(48)59-17-22/h15,18-21,23-27,29-44,49-58H,7-14,16-17H2,1-6H3/t18?,19?,20?,21?,23-,24+,25-,26?,27-,29+,30+,31+,32+,33?,34+,35+,36+,37+,38?,39?,40?,41+,42+,43+,44+,45?,46?,47+/m1/s1. The van der Waals surface area contributed by atoms with Gasteiger partial charge in [-0.05, 0) is 120 Å². The van der Waals surface area contributed by atoms with Gasteiger partial charge in [0.1, 0.15) is 79.9 Å². The Labute approximate surface area is 390 Å². The third-order valence-corrected chi connectivity index (χ3v) is 18.3. The van der Waals surface area contributed by atoms with E-state index in [1.807, 2.05) is 0 Å². The van der Waals surface area contributed by atoms with Crippen LogP contribution in [0.25, 0.3) is 0 Å². The first-order valence-corrected chi connectivity index (χ1v) is 24.5. The molecule has 4 saturated heterocycles. The van der Waals surface area contributed by atoms with Crippen LogP contribution in [-0.4, -0.2) is 198 Å². The summed E-state index contributed by atoms with van der Waals surface area (Å²) in [7, 11) is 0. The molecule has 0 aromatic heterocycles. The molecule has 8 fully saturated rings. The van der Waals surface area contributed by atoms with Crippen molar-refractivity contribution in [2.75, 3.05) is 6.61 Å². The number of aliphatic hydroxyl groups excluding tert-OH is 9. The van der Waals surface area contributed by atoms with Gasteiger partial charge < -0.3 is 93.7 Å². The number of aliphatic hydroxyl groups is 10. The van der Waals surface area contributed by atoms with Crippen molar-refractivity contribution in [3.63, 3.8) is 0 Å². The highest BCUT2D eigenvalue weighted by atomic mass is 16.8. The van der Waals surface area contributed by atoms with Crippen molar-refractivity contribution in [3.8, 4) is 0 Å². The Morgan fingerprint density at radius 3 is 1.54 bits per heavy atom. The minimum atomic E-state index is -1.81. The molecule has 4 aliphatic carbocycles. The molecule has 20 heteroatoms. The number of ether oxygens (including phenoxy) is 9. The maximum Gasteiger partial charge on any atom is 0.331 e. The lowest BCUT2D eigenvalue weighted by molar-refractivity contribution is -0.386. The molecule has 11 unspecified atom stereocenters. The second-order valence-corrected chi connectivity index (χ2v) is 21.9. The Kier molecular flexibility index (Phi) is 14.2. The van der Waals surface area contributed by atoms with Crippen molar-refractivity contribution < 1.29 is 98.5 Å². The van der Waals surface area contributed by atoms with Gasteiger partial charge in [-0.1, -0.05) is 13.8 Å². The summed E-state index contributed by atoms with van der Waals surface area (Å²) in [6.07, 6.45) is -20.1. The van der Waals surface area contributed by atoms with Crippen LogP contribution in [0, 0.1) is 34.5 Å². The lowest BCUT2D eigenvalue weighted by Gasteiger charge is -2.64. The molecule has 0 aromatic rings. The molecule has 5 aliphatic heterocycles. The number of hydrogen-bond acceptors (Lipinski definition) is 20. The lowest BCUT2D eigenvalue weighted by Crippen LogP contribution is -2.66. The first-order valence-electron chi connectivity index (χ1n) is 24.5. The third-order valence-electron chi connectivity index (χ3n) is 18.3. The van der Waals surface area contributed by atoms with Gasteiger partial charge in [0.25, 0.3) is 0 Å². The summed E-state index contributed by atoms with van der Waals surface area (Å²) in [4.78, 5) is 12.0. The summed E-state index contributed by atoms with van der Waals surface area (Å²) in [5.41, 5.74) is -0.202. The van der Waals surface area contributed by atoms with Crippen molar-refractivity contribution in [2.45, 2.75) is 234 Å². The zero-order chi connectivity index (χ0) is 48.2. The number of hydrogen-bond donors (Lipinski definition) is 10. The van der Waals surface area contributed by atoms with Crippen LogP contribution in [0.2, 0.25) is 0 Å². The Bertz CT molecular complexity index is 1810. The molecule has 0 aromatic carbocycles. The largest absolute Gasteiger partial charge is 0.458 e. The zero-order valence-corrected chi connectivity index (χ0v) is 39.1. The second kappa shape index (κ2) is 18.8. The number of cyclic esters (lactones) is 1. The molecule has 9 rings (SSSR count). The quantitative estimate of drug-likeness (QED) is 0.0981. The number of rotatable bonds is 9. The number of esters is 1. The van der Waals surface area contributed by atoms with E-state index in [0.29, 0.717) is 37.7 Å². The van der Waals surface area contributed by atoms with E-state index >= 15 is 0 Å². The van der Waals surface area contributed by atoms with Crippen molar-refractivity contribution in [3.05, 3.63) is 11.6 Å². The summed E-state index contributed by atoms with van der Waals surface area (Å²) in [6.45, 7) is 10.9. The summed E-state index contributed by atoms with van der Waals surface area (Å²) in [5.74, 6) is 0.568. The fourth-order valence-electron chi connectivity index (χ4n) is 14.1. The van der Waals surface area contributed by atoms with Crippen LogP contribution < -0.4 is 0 Å². The topological polar surface area (TPSA) is 302 Å². The van der Waals surface area contributed by atoms with Crippen LogP contribution in [0.15, 0.2) is 11.6 Å². The number of carbonyl (C=O) groups excluding carboxylic acids is 1. The minimum absolute atomic E-state index is 0.0390. The maximum absolute atomic E-state index is 12.7. The van der Waals surface area contributed by atoms with Crippen LogP contribution in [0.3, 0.4) is 0 Å². The van der Waals surface area contributed by atoms with Crippen molar-refractivity contribution in [1.82, 2.24) is 0 Å². The molecule has 0 amide bonds. The van der Waals surface area contributed by atoms with Crippen molar-refractivity contribution in [1.29, 1.82) is 0 Å². The zero-order valence-electron chi connectivity index (χ0n) is 39.1. The van der Waals surface area contributed by atoms with Crippen LogP contribution >= 0.6 is 0 Å². The average Bonchev–Trinajstić information content (AvgIpc) is 3.84. The Morgan fingerprint density at radius 2 is 1.03 bits per heavy atom. The smallest absolute Gasteiger partial charge is 0.331 e. The second-order valence-electron chi connectivity index (χ2n) is 21.9. The van der Waals surface area contributed by atoms with E-state index in [-0.39, 0.29) is 34.7 Å². The van der Waals surface area contributed by atoms with Crippen molar-refractivity contribution in [2.24, 2.45) is 34.5 Å². The SMILES string of the molecule is CC1O[C@@H](OC2[C@@H](O)C(C)O[C@@H](OC3[C@@H](O)C(C)O[C@@H](OC4[C@@H](O)C(C)O[C@@H](O[C@H]5CCC6(C)C7CCC8(C)[C@@H](C9=CC(=O)OC9)CC[C@]8(O)[C@@H]7CC[C@@H]6C5)[C@H]4O)[C@H]3O)[C@H]2O)[C@@H](O)C(O)[C@H]1O. The van der Waals surface area contributed by atoms with Gasteiger partial charge in [0.15, 0.2) is 25.2 Å². The number of carbonyl (C=O) groups is 1. The first kappa shape index (κ1) is 50.4. The molecule has 10 N–H and O–H groups in total. The van der Waals surface area contributed by atoms with Gasteiger partial charge in [0.05, 0.1) is 36.1 Å². The minimum Gasteiger partial charge on any atom is -0.458 e. The van der Waals surface area contributed by atoms with Gasteiger partial charge in [0.2, 0.25) is 0 Å². The van der Waals surface area contributed by atoms with E-state index in [0.717, 1.165) is 44.1 Å². The molecular formula is C47H74O20. The van der Waals surface area contributed by atoms with Crippen LogP contribution in [0.1, 0.15) is 99.3 Å². The third kappa shape index (κ3) is 8.56. The van der Waals surface area contributed by atoms with Gasteiger partial charge in [-0.15, -0.1) is 0 Å². The molecular weight excluding hydrogens is 884 g/mol. The molecule has 9 aliphatic rings. The molecule has 0 bridgehead atoms. The van der Waals surface area contributed by atoms with Gasteiger partial charge >= 0.3 is 5.97 Å². The summed E-state index contributed by atoms with van der Waals surface area (Å²) in [6, 6.07) is 0. The van der Waals surface area contributed by atoms with Gasteiger partial charge in [-0.2, -0.15) is 0 Å². The highest BCUT2D eigenvalue weighted by Gasteiger charge is 2.68. The molecule has 0 radical (unpaired) electrons. The Morgan fingerprint density at radius 1 is 0.537 bits per heavy atom. The molecule has 5 heterocycles. The highest BCUT2D eigenvalue weighted by molar-refractivity contribution is 5.85. The fourth-order valence-corrected chi connectivity index (χ4v) is 14.1. The summed E-state index contributed by atoms with van der Waals surface area (Å²) >= 11 is 0. The van der Waals surface area contributed by atoms with E-state index in [4.69, 9.17) is 42.6 Å². The summed E-state index contributed by atoms with van der Waals surface area (Å²) in [5, 5.41) is 112. The fraction of sp³-hybridized carbons (Fsp3) is 0.936. The van der Waals surface area contributed by atoms with E-state index in [9.17, 15) is 55.9 Å². The first-order chi connectivity index (χ1) is 31.6. The van der Waals surface area contributed by atoms with Crippen LogP contribution in [0.4, 0.5) is 0 Å². The summed E-state index contributed by atoms with van der Waals surface area (Å²) < 4.78 is 52.9. The van der Waals surface area contributed by atoms with E-state index in [1.165, 1.54) is 20.8 Å². The van der Waals surface area contributed by atoms with Crippen LogP contribution in [-0.2, 0) is 47.4 Å². The monoisotopic (exact) mass is 958 g/mol. The molecule has 4 saturated carbocycles. The van der Waals surface area contributed by atoms with Gasteiger partial charge in [0, 0.05) is 11.5 Å². The molecule has 28 atom stereocenters. The van der Waals surface area contributed by atoms with Gasteiger partial charge in [-0.25, -0.2) is 4.79 Å². The molecule has 0 spiro atoms. The average molecular weight is 959 g/mol. The molecule has 67 heavy (non-hydrogen) atoms. The predicted octanol–water partition coefficient (Wildman–Crippen LogP) is -0.988. The normalized spacial score (nSPS) is 56.9. The maximum atomic E-state index is 12.7. The van der Waals surface area contributed by atoms with E-state index in [1.54, 1.807) is 13.0 Å².